The van der Waals surface area contributed by atoms with Crippen molar-refractivity contribution in [2.45, 2.75) is 25.7 Å². The van der Waals surface area contributed by atoms with Gasteiger partial charge in [0.15, 0.2) is 5.92 Å². The molecule has 0 amide bonds. The number of halogens is 6. The molecule has 0 saturated carbocycles. The Bertz CT molecular complexity index is 147. The van der Waals surface area contributed by atoms with Gasteiger partial charge in [0.05, 0.1) is 0 Å². The van der Waals surface area contributed by atoms with E-state index in [0.29, 0.717) is 6.54 Å². The second-order valence-electron chi connectivity index (χ2n) is 2.78. The Hall–Kier alpha value is -0.460. The highest BCUT2D eigenvalue weighted by molar-refractivity contribution is 4.75. The molecule has 0 atom stereocenters. The van der Waals surface area contributed by atoms with Gasteiger partial charge in [0.1, 0.15) is 0 Å². The van der Waals surface area contributed by atoms with Gasteiger partial charge in [0.25, 0.3) is 0 Å². The highest BCUT2D eigenvalue weighted by Crippen LogP contribution is 2.40. The molecule has 0 aliphatic rings. The Balaban J connectivity index is 4.28. The molecule has 7 heteroatoms. The lowest BCUT2D eigenvalue weighted by atomic mass is 10.0. The van der Waals surface area contributed by atoms with Crippen LogP contribution >= 0.6 is 0 Å². The highest BCUT2D eigenvalue weighted by atomic mass is 19.4. The molecule has 86 valence electrons. The summed E-state index contributed by atoms with van der Waals surface area (Å²) >= 11 is 0. The Morgan fingerprint density at radius 3 is 1.71 bits per heavy atom. The van der Waals surface area contributed by atoms with Gasteiger partial charge in [-0.2, -0.15) is 26.3 Å². The van der Waals surface area contributed by atoms with E-state index in [1.54, 1.807) is 6.92 Å². The van der Waals surface area contributed by atoms with Crippen LogP contribution in [0.3, 0.4) is 0 Å². The number of rotatable bonds is 4. The lowest BCUT2D eigenvalue weighted by molar-refractivity contribution is -0.285. The Morgan fingerprint density at radius 1 is 1.00 bits per heavy atom. The van der Waals surface area contributed by atoms with Gasteiger partial charge in [-0.05, 0) is 19.5 Å². The molecular weight excluding hydrogens is 212 g/mol. The summed E-state index contributed by atoms with van der Waals surface area (Å²) in [5.41, 5.74) is 0. The Morgan fingerprint density at radius 2 is 1.43 bits per heavy atom. The van der Waals surface area contributed by atoms with Crippen LogP contribution in [-0.4, -0.2) is 25.4 Å². The van der Waals surface area contributed by atoms with Crippen LogP contribution in [0.4, 0.5) is 26.3 Å². The van der Waals surface area contributed by atoms with Crippen molar-refractivity contribution in [2.24, 2.45) is 5.92 Å². The Labute approximate surface area is 77.5 Å². The maximum absolute atomic E-state index is 11.9. The minimum absolute atomic E-state index is 0.291. The van der Waals surface area contributed by atoms with Crippen LogP contribution in [0.15, 0.2) is 0 Å². The molecule has 1 N–H and O–H groups in total. The first-order valence-corrected chi connectivity index (χ1v) is 4.03. The van der Waals surface area contributed by atoms with E-state index in [4.69, 9.17) is 0 Å². The van der Waals surface area contributed by atoms with Crippen molar-refractivity contribution in [3.8, 4) is 0 Å². The lowest BCUT2D eigenvalue weighted by Gasteiger charge is -2.22. The summed E-state index contributed by atoms with van der Waals surface area (Å²) in [5, 5.41) is 2.42. The van der Waals surface area contributed by atoms with Crippen LogP contribution in [0.1, 0.15) is 13.3 Å². The zero-order valence-electron chi connectivity index (χ0n) is 7.47. The van der Waals surface area contributed by atoms with Crippen molar-refractivity contribution >= 4 is 0 Å². The Kier molecular flexibility index (Phi) is 4.70. The third-order valence-corrected chi connectivity index (χ3v) is 1.65. The smallest absolute Gasteiger partial charge is 0.317 e. The van der Waals surface area contributed by atoms with E-state index in [2.05, 4.69) is 5.32 Å². The molecule has 14 heavy (non-hydrogen) atoms. The van der Waals surface area contributed by atoms with Gasteiger partial charge in [-0.15, -0.1) is 0 Å². The number of alkyl halides is 6. The van der Waals surface area contributed by atoms with E-state index in [-0.39, 0.29) is 6.54 Å². The summed E-state index contributed by atoms with van der Waals surface area (Å²) in [6, 6.07) is 0. The molecule has 0 fully saturated rings. The first-order valence-electron chi connectivity index (χ1n) is 4.03. The van der Waals surface area contributed by atoms with Gasteiger partial charge in [0.2, 0.25) is 0 Å². The summed E-state index contributed by atoms with van der Waals surface area (Å²) in [4.78, 5) is 0. The van der Waals surface area contributed by atoms with Crippen molar-refractivity contribution in [3.05, 3.63) is 0 Å². The fraction of sp³-hybridized carbons (Fsp3) is 1.00. The third kappa shape index (κ3) is 4.69. The van der Waals surface area contributed by atoms with E-state index in [9.17, 15) is 26.3 Å². The first kappa shape index (κ1) is 13.5. The third-order valence-electron chi connectivity index (χ3n) is 1.65. The number of nitrogens with one attached hydrogen (secondary N) is 1. The largest absolute Gasteiger partial charge is 0.400 e. The molecule has 0 rings (SSSR count). The SMILES string of the molecule is CCNCCC(C(F)(F)F)C(F)(F)F. The van der Waals surface area contributed by atoms with Gasteiger partial charge < -0.3 is 5.32 Å². The van der Waals surface area contributed by atoms with E-state index >= 15 is 0 Å². The van der Waals surface area contributed by atoms with E-state index < -0.39 is 24.7 Å². The second kappa shape index (κ2) is 4.86. The predicted molar refractivity (Wildman–Crippen MR) is 38.8 cm³/mol. The molecule has 0 bridgehead atoms. The van der Waals surface area contributed by atoms with Crippen LogP contribution in [0.25, 0.3) is 0 Å². The summed E-state index contributed by atoms with van der Waals surface area (Å²) in [5.74, 6) is -3.23. The molecule has 0 radical (unpaired) electrons. The molecule has 0 aliphatic carbocycles. The van der Waals surface area contributed by atoms with Crippen molar-refractivity contribution in [3.63, 3.8) is 0 Å². The number of hydrogen-bond acceptors (Lipinski definition) is 1. The van der Waals surface area contributed by atoms with Crippen molar-refractivity contribution in [1.82, 2.24) is 5.32 Å². The van der Waals surface area contributed by atoms with Gasteiger partial charge in [-0.1, -0.05) is 6.92 Å². The maximum Gasteiger partial charge on any atom is 0.400 e. The molecule has 0 aromatic carbocycles. The lowest BCUT2D eigenvalue weighted by Crippen LogP contribution is -2.38. The van der Waals surface area contributed by atoms with Crippen LogP contribution in [-0.2, 0) is 0 Å². The van der Waals surface area contributed by atoms with Gasteiger partial charge in [-0.25, -0.2) is 0 Å². The predicted octanol–water partition coefficient (Wildman–Crippen LogP) is 2.73. The summed E-state index contributed by atoms with van der Waals surface area (Å²) in [6.45, 7) is 1.67. The van der Waals surface area contributed by atoms with Crippen molar-refractivity contribution in [1.29, 1.82) is 0 Å². The average molecular weight is 223 g/mol. The van der Waals surface area contributed by atoms with Gasteiger partial charge in [-0.3, -0.25) is 0 Å². The minimum atomic E-state index is -5.21. The molecule has 0 aromatic rings. The van der Waals surface area contributed by atoms with Gasteiger partial charge in [0, 0.05) is 0 Å². The van der Waals surface area contributed by atoms with E-state index in [1.807, 2.05) is 0 Å². The standard InChI is InChI=1S/C7H11F6N/c1-2-14-4-3-5(6(8,9)10)7(11,12)13/h5,14H,2-4H2,1H3. The molecule has 0 spiro atoms. The summed E-state index contributed by atoms with van der Waals surface area (Å²) < 4.78 is 71.4. The molecular formula is C7H11F6N. The zero-order chi connectivity index (χ0) is 11.4. The van der Waals surface area contributed by atoms with E-state index in [0.717, 1.165) is 0 Å². The first-order chi connectivity index (χ1) is 6.19. The molecule has 0 saturated heterocycles. The van der Waals surface area contributed by atoms with Crippen molar-refractivity contribution in [2.75, 3.05) is 13.1 Å². The van der Waals surface area contributed by atoms with Crippen LogP contribution < -0.4 is 5.32 Å². The molecule has 1 nitrogen and oxygen atoms in total. The van der Waals surface area contributed by atoms with Gasteiger partial charge >= 0.3 is 12.4 Å². The normalized spacial score (nSPS) is 13.7. The molecule has 0 aliphatic heterocycles. The molecule has 0 unspecified atom stereocenters. The molecule has 0 heterocycles. The van der Waals surface area contributed by atoms with Crippen LogP contribution in [0.2, 0.25) is 0 Å². The van der Waals surface area contributed by atoms with E-state index in [1.165, 1.54) is 0 Å². The summed E-state index contributed by atoms with van der Waals surface area (Å²) in [6.07, 6.45) is -11.4. The maximum atomic E-state index is 11.9. The zero-order valence-corrected chi connectivity index (χ0v) is 7.47. The molecule has 0 aromatic heterocycles. The van der Waals surface area contributed by atoms with Crippen LogP contribution in [0.5, 0.6) is 0 Å². The fourth-order valence-corrected chi connectivity index (χ4v) is 0.936. The van der Waals surface area contributed by atoms with Crippen molar-refractivity contribution < 1.29 is 26.3 Å². The highest BCUT2D eigenvalue weighted by Gasteiger charge is 2.55. The topological polar surface area (TPSA) is 12.0 Å². The minimum Gasteiger partial charge on any atom is -0.317 e. The quantitative estimate of drug-likeness (QED) is 0.570. The monoisotopic (exact) mass is 223 g/mol. The van der Waals surface area contributed by atoms with Crippen LogP contribution in [0, 0.1) is 5.92 Å². The number of hydrogen-bond donors (Lipinski definition) is 1. The summed E-state index contributed by atoms with van der Waals surface area (Å²) in [7, 11) is 0. The fourth-order valence-electron chi connectivity index (χ4n) is 0.936. The average Bonchev–Trinajstić information content (AvgIpc) is 1.92. The second-order valence-corrected chi connectivity index (χ2v) is 2.78.